The van der Waals surface area contributed by atoms with E-state index >= 15 is 0 Å². The lowest BCUT2D eigenvalue weighted by atomic mass is 10.2. The summed E-state index contributed by atoms with van der Waals surface area (Å²) >= 11 is 0. The van der Waals surface area contributed by atoms with E-state index in [2.05, 4.69) is 88.4 Å². The molecule has 0 saturated carbocycles. The molecule has 0 amide bonds. The van der Waals surface area contributed by atoms with Crippen LogP contribution in [0.5, 0.6) is 0 Å². The molecule has 59 heavy (non-hydrogen) atoms. The highest BCUT2D eigenvalue weighted by Gasteiger charge is 2.50. The lowest BCUT2D eigenvalue weighted by Gasteiger charge is -2.43. The first-order valence-corrected chi connectivity index (χ1v) is 23.6. The Kier molecular flexibility index (Phi) is 34.2. The smallest absolute Gasteiger partial charge is 0.261 e. The molecular weight excluding hydrogens is 777 g/mol. The fourth-order valence-electron chi connectivity index (χ4n) is 5.99. The second kappa shape index (κ2) is 37.9. The summed E-state index contributed by atoms with van der Waals surface area (Å²) in [5.41, 5.74) is 0. The maximum absolute atomic E-state index is 6.85. The number of benzene rings is 2. The Morgan fingerprint density at radius 3 is 0.797 bits per heavy atom. The molecule has 0 bridgehead atoms. The van der Waals surface area contributed by atoms with Gasteiger partial charge in [-0.3, -0.25) is 0 Å². The number of hydrogen-bond acceptors (Lipinski definition) is 13. The number of hydrogen-bond donors (Lipinski definition) is 0. The van der Waals surface area contributed by atoms with Crippen molar-refractivity contribution >= 4 is 18.7 Å². The zero-order valence-electron chi connectivity index (χ0n) is 36.9. The molecule has 0 fully saturated rings. The zero-order valence-corrected chi connectivity index (χ0v) is 37.9. The predicted octanol–water partition coefficient (Wildman–Crippen LogP) is 4.95. The first-order valence-electron chi connectivity index (χ1n) is 21.7. The second-order valence-corrected chi connectivity index (χ2v) is 18.9. The Morgan fingerprint density at radius 2 is 0.559 bits per heavy atom. The van der Waals surface area contributed by atoms with E-state index in [9.17, 15) is 0 Å². The van der Waals surface area contributed by atoms with Crippen LogP contribution in [0.3, 0.4) is 0 Å². The van der Waals surface area contributed by atoms with Gasteiger partial charge in [0.1, 0.15) is 0 Å². The average molecular weight is 855 g/mol. The van der Waals surface area contributed by atoms with Crippen LogP contribution in [0.15, 0.2) is 60.7 Å². The summed E-state index contributed by atoms with van der Waals surface area (Å²) in [6, 6.07) is 21.3. The summed E-state index contributed by atoms with van der Waals surface area (Å²) in [5.74, 6) is 0. The van der Waals surface area contributed by atoms with Crippen molar-refractivity contribution < 1.29 is 61.3 Å². The second-order valence-electron chi connectivity index (χ2n) is 14.6. The van der Waals surface area contributed by atoms with Crippen LogP contribution in [0.1, 0.15) is 47.0 Å². The molecule has 2 aromatic rings. The van der Waals surface area contributed by atoms with E-state index in [0.29, 0.717) is 159 Å². The van der Waals surface area contributed by atoms with Gasteiger partial charge in [0.2, 0.25) is 0 Å². The van der Waals surface area contributed by atoms with Crippen molar-refractivity contribution in [2.24, 2.45) is 0 Å². The molecule has 0 aromatic heterocycles. The van der Waals surface area contributed by atoms with Crippen LogP contribution in [0.25, 0.3) is 0 Å². The van der Waals surface area contributed by atoms with Crippen LogP contribution < -0.4 is 10.4 Å². The van der Waals surface area contributed by atoms with E-state index in [0.717, 1.165) is 13.0 Å². The van der Waals surface area contributed by atoms with Gasteiger partial charge in [0, 0.05) is 6.61 Å². The first-order chi connectivity index (χ1) is 29.0. The average Bonchev–Trinajstić information content (AvgIpc) is 3.24. The van der Waals surface area contributed by atoms with Crippen LogP contribution >= 0.6 is 0 Å². The molecule has 0 aliphatic carbocycles. The molecule has 340 valence electrons. The number of ether oxygens (including phenoxy) is 12. The third-order valence-corrected chi connectivity index (χ3v) is 14.0. The minimum absolute atomic E-state index is 0.0578. The van der Waals surface area contributed by atoms with E-state index in [1.807, 2.05) is 0 Å². The Morgan fingerprint density at radius 1 is 0.322 bits per heavy atom. The molecule has 14 heteroatoms. The summed E-state index contributed by atoms with van der Waals surface area (Å²) < 4.78 is 73.6. The highest BCUT2D eigenvalue weighted by atomic mass is 28.4. The van der Waals surface area contributed by atoms with Crippen molar-refractivity contribution in [2.75, 3.05) is 165 Å². The van der Waals surface area contributed by atoms with Crippen molar-refractivity contribution in [2.45, 2.75) is 52.0 Å². The molecule has 0 saturated heterocycles. The van der Waals surface area contributed by atoms with E-state index in [4.69, 9.17) is 61.3 Å². The van der Waals surface area contributed by atoms with Crippen LogP contribution in [0.4, 0.5) is 0 Å². The van der Waals surface area contributed by atoms with Crippen LogP contribution in [0, 0.1) is 0 Å². The van der Waals surface area contributed by atoms with Gasteiger partial charge >= 0.3 is 0 Å². The summed E-state index contributed by atoms with van der Waals surface area (Å²) in [6.07, 6.45) is 3.54. The lowest BCUT2D eigenvalue weighted by Crippen LogP contribution is -2.66. The molecule has 2 aromatic carbocycles. The molecule has 0 atom stereocenters. The quantitative estimate of drug-likeness (QED) is 0.0662. The van der Waals surface area contributed by atoms with Crippen molar-refractivity contribution in [1.82, 2.24) is 0 Å². The molecule has 0 spiro atoms. The topological polar surface area (TPSA) is 120 Å². The molecule has 0 N–H and O–H groups in total. The van der Waals surface area contributed by atoms with Gasteiger partial charge in [-0.15, -0.1) is 0 Å². The zero-order chi connectivity index (χ0) is 42.2. The standard InChI is InChI=1S/C45H78O13Si/c1-5-6-13-18-46-19-20-47-21-22-48-23-24-49-25-26-50-27-28-51-29-30-52-31-32-53-33-34-54-35-36-55-37-38-56-39-40-57-41-42-58-59(45(2,3)4,43-14-9-7-10-15-43)44-16-11-8-12-17-44/h7-12,14-17H,5-6,13,18-42H2,1-4H3. The minimum atomic E-state index is -2.54. The summed E-state index contributed by atoms with van der Waals surface area (Å²) in [7, 11) is -2.54. The highest BCUT2D eigenvalue weighted by molar-refractivity contribution is 6.99. The van der Waals surface area contributed by atoms with E-state index in [1.165, 1.54) is 23.2 Å². The third kappa shape index (κ3) is 26.9. The van der Waals surface area contributed by atoms with Crippen LogP contribution in [-0.2, 0) is 61.3 Å². The fraction of sp³-hybridized carbons (Fsp3) is 0.733. The van der Waals surface area contributed by atoms with Crippen molar-refractivity contribution in [1.29, 1.82) is 0 Å². The van der Waals surface area contributed by atoms with Gasteiger partial charge < -0.3 is 61.3 Å². The van der Waals surface area contributed by atoms with Gasteiger partial charge in [-0.25, -0.2) is 0 Å². The molecule has 0 heterocycles. The summed E-state index contributed by atoms with van der Waals surface area (Å²) in [5, 5.41) is 2.48. The Labute approximate surface area is 357 Å². The van der Waals surface area contributed by atoms with Gasteiger partial charge in [0.05, 0.1) is 159 Å². The largest absolute Gasteiger partial charge is 0.405 e. The van der Waals surface area contributed by atoms with Gasteiger partial charge in [-0.05, 0) is 21.8 Å². The molecule has 13 nitrogen and oxygen atoms in total. The Balaban J connectivity index is 1.26. The SMILES string of the molecule is CCCCCOCCOCCOCCOCCOCCOCCOCCOCCOCCOCCOCCOCCO[Si](c1ccccc1)(c1ccccc1)C(C)(C)C. The van der Waals surface area contributed by atoms with E-state index < -0.39 is 8.32 Å². The monoisotopic (exact) mass is 855 g/mol. The lowest BCUT2D eigenvalue weighted by molar-refractivity contribution is -0.0285. The van der Waals surface area contributed by atoms with Crippen LogP contribution in [-0.4, -0.2) is 173 Å². The Bertz CT molecular complexity index is 1120. The first kappa shape index (κ1) is 53.3. The van der Waals surface area contributed by atoms with Gasteiger partial charge in [-0.1, -0.05) is 101 Å². The number of unbranched alkanes of at least 4 members (excludes halogenated alkanes) is 2. The summed E-state index contributed by atoms with van der Waals surface area (Å²) in [4.78, 5) is 0. The third-order valence-electron chi connectivity index (χ3n) is 8.95. The maximum atomic E-state index is 6.85. The van der Waals surface area contributed by atoms with Crippen molar-refractivity contribution in [3.8, 4) is 0 Å². The van der Waals surface area contributed by atoms with Gasteiger partial charge in [0.15, 0.2) is 0 Å². The maximum Gasteiger partial charge on any atom is 0.261 e. The van der Waals surface area contributed by atoms with Crippen LogP contribution in [0.2, 0.25) is 5.04 Å². The van der Waals surface area contributed by atoms with E-state index in [1.54, 1.807) is 0 Å². The molecule has 0 aliphatic heterocycles. The highest BCUT2D eigenvalue weighted by Crippen LogP contribution is 2.36. The van der Waals surface area contributed by atoms with Gasteiger partial charge in [0.25, 0.3) is 8.32 Å². The predicted molar refractivity (Wildman–Crippen MR) is 233 cm³/mol. The van der Waals surface area contributed by atoms with Crippen molar-refractivity contribution in [3.63, 3.8) is 0 Å². The molecule has 0 unspecified atom stereocenters. The molecular formula is C45H78O13Si. The van der Waals surface area contributed by atoms with Crippen molar-refractivity contribution in [3.05, 3.63) is 60.7 Å². The van der Waals surface area contributed by atoms with Gasteiger partial charge in [-0.2, -0.15) is 0 Å². The Hall–Kier alpha value is -1.86. The summed E-state index contributed by atoms with van der Waals surface area (Å²) in [6.45, 7) is 22.4. The normalized spacial score (nSPS) is 12.1. The fourth-order valence-corrected chi connectivity index (χ4v) is 10.5. The molecule has 0 aliphatic rings. The molecule has 0 radical (unpaired) electrons. The number of rotatable bonds is 43. The molecule has 2 rings (SSSR count). The minimum Gasteiger partial charge on any atom is -0.405 e. The van der Waals surface area contributed by atoms with E-state index in [-0.39, 0.29) is 5.04 Å².